The molecule has 25 heavy (non-hydrogen) atoms. The zero-order chi connectivity index (χ0) is 17.4. The minimum atomic E-state index is 0.598. The van der Waals surface area contributed by atoms with E-state index < -0.39 is 0 Å². The minimum Gasteiger partial charge on any atom is -0.461 e. The fourth-order valence-corrected chi connectivity index (χ4v) is 3.32. The highest BCUT2D eigenvalue weighted by Gasteiger charge is 2.22. The Labute approximate surface area is 147 Å². The minimum absolute atomic E-state index is 0.598. The van der Waals surface area contributed by atoms with Gasteiger partial charge in [-0.1, -0.05) is 35.9 Å². The van der Waals surface area contributed by atoms with Crippen LogP contribution in [0.2, 0.25) is 0 Å². The molecule has 2 heterocycles. The second-order valence-corrected chi connectivity index (χ2v) is 6.31. The first-order valence-corrected chi connectivity index (χ1v) is 8.32. The van der Waals surface area contributed by atoms with E-state index in [1.807, 2.05) is 42.5 Å². The van der Waals surface area contributed by atoms with Gasteiger partial charge in [0.05, 0.1) is 6.26 Å². The standard InChI is InChI=1S/C22H19NO2/c1-14-12-15(2)19(16(3)13-14)20-21(18-10-7-11-24-18)25-22(23-20)17-8-5-4-6-9-17/h4-13H,1-3H3. The third-order valence-corrected chi connectivity index (χ3v) is 4.31. The van der Waals surface area contributed by atoms with Crippen molar-refractivity contribution in [3.8, 4) is 34.2 Å². The van der Waals surface area contributed by atoms with Crippen molar-refractivity contribution in [2.24, 2.45) is 0 Å². The molecule has 4 rings (SSSR count). The van der Waals surface area contributed by atoms with Crippen molar-refractivity contribution in [1.82, 2.24) is 4.98 Å². The second kappa shape index (κ2) is 6.10. The van der Waals surface area contributed by atoms with Gasteiger partial charge in [0.25, 0.3) is 0 Å². The van der Waals surface area contributed by atoms with E-state index in [1.165, 1.54) is 16.7 Å². The summed E-state index contributed by atoms with van der Waals surface area (Å²) in [5.74, 6) is 1.95. The fourth-order valence-electron chi connectivity index (χ4n) is 3.32. The predicted octanol–water partition coefficient (Wildman–Crippen LogP) is 6.19. The Balaban J connectivity index is 1.97. The molecule has 0 aliphatic heterocycles. The molecule has 0 amide bonds. The average molecular weight is 329 g/mol. The van der Waals surface area contributed by atoms with Crippen LogP contribution in [0.25, 0.3) is 34.2 Å². The molecule has 2 aromatic heterocycles. The summed E-state index contributed by atoms with van der Waals surface area (Å²) in [4.78, 5) is 4.83. The molecule has 0 saturated heterocycles. The SMILES string of the molecule is Cc1cc(C)c(-c2nc(-c3ccccc3)oc2-c2ccco2)c(C)c1. The van der Waals surface area contributed by atoms with Gasteiger partial charge < -0.3 is 8.83 Å². The Bertz CT molecular complexity index is 989. The Hall–Kier alpha value is -3.07. The van der Waals surface area contributed by atoms with Crippen molar-refractivity contribution >= 4 is 0 Å². The van der Waals surface area contributed by atoms with Gasteiger partial charge in [0.15, 0.2) is 11.5 Å². The Morgan fingerprint density at radius 2 is 1.56 bits per heavy atom. The molecule has 0 atom stereocenters. The van der Waals surface area contributed by atoms with Crippen LogP contribution in [0.1, 0.15) is 16.7 Å². The van der Waals surface area contributed by atoms with E-state index >= 15 is 0 Å². The quantitative estimate of drug-likeness (QED) is 0.449. The number of hydrogen-bond donors (Lipinski definition) is 0. The summed E-state index contributed by atoms with van der Waals surface area (Å²) in [5.41, 5.74) is 6.47. The summed E-state index contributed by atoms with van der Waals surface area (Å²) < 4.78 is 11.7. The Kier molecular flexibility index (Phi) is 3.77. The third-order valence-electron chi connectivity index (χ3n) is 4.31. The number of aromatic nitrogens is 1. The van der Waals surface area contributed by atoms with Crippen LogP contribution in [-0.4, -0.2) is 4.98 Å². The van der Waals surface area contributed by atoms with Crippen molar-refractivity contribution in [2.45, 2.75) is 20.8 Å². The Morgan fingerprint density at radius 1 is 0.840 bits per heavy atom. The zero-order valence-electron chi connectivity index (χ0n) is 14.5. The van der Waals surface area contributed by atoms with Gasteiger partial charge in [0.2, 0.25) is 5.89 Å². The normalized spacial score (nSPS) is 11.0. The van der Waals surface area contributed by atoms with Crippen molar-refractivity contribution < 1.29 is 8.83 Å². The number of hydrogen-bond acceptors (Lipinski definition) is 3. The van der Waals surface area contributed by atoms with E-state index in [4.69, 9.17) is 13.8 Å². The molecule has 0 aliphatic carbocycles. The molecule has 2 aromatic carbocycles. The molecule has 124 valence electrons. The molecule has 0 unspecified atom stereocenters. The summed E-state index contributed by atoms with van der Waals surface area (Å²) >= 11 is 0. The van der Waals surface area contributed by atoms with Crippen LogP contribution < -0.4 is 0 Å². The number of nitrogens with zero attached hydrogens (tertiary/aromatic N) is 1. The van der Waals surface area contributed by atoms with Crippen LogP contribution in [0.15, 0.2) is 69.7 Å². The number of rotatable bonds is 3. The van der Waals surface area contributed by atoms with Gasteiger partial charge in [0, 0.05) is 11.1 Å². The monoisotopic (exact) mass is 329 g/mol. The van der Waals surface area contributed by atoms with Gasteiger partial charge in [-0.15, -0.1) is 0 Å². The molecule has 0 spiro atoms. The van der Waals surface area contributed by atoms with Crippen LogP contribution >= 0.6 is 0 Å². The maximum atomic E-state index is 6.14. The average Bonchev–Trinajstić information content (AvgIpc) is 3.24. The molecule has 4 aromatic rings. The lowest BCUT2D eigenvalue weighted by Gasteiger charge is -2.09. The summed E-state index contributed by atoms with van der Waals surface area (Å²) in [6.45, 7) is 6.33. The van der Waals surface area contributed by atoms with Crippen molar-refractivity contribution in [3.63, 3.8) is 0 Å². The van der Waals surface area contributed by atoms with Gasteiger partial charge in [-0.2, -0.15) is 0 Å². The van der Waals surface area contributed by atoms with E-state index in [0.29, 0.717) is 17.4 Å². The first-order chi connectivity index (χ1) is 12.1. The van der Waals surface area contributed by atoms with Crippen molar-refractivity contribution in [3.05, 3.63) is 77.6 Å². The van der Waals surface area contributed by atoms with Crippen LogP contribution in [0.4, 0.5) is 0 Å². The highest BCUT2D eigenvalue weighted by molar-refractivity contribution is 5.80. The molecule has 0 N–H and O–H groups in total. The van der Waals surface area contributed by atoms with Crippen molar-refractivity contribution in [1.29, 1.82) is 0 Å². The smallest absolute Gasteiger partial charge is 0.227 e. The fraction of sp³-hybridized carbons (Fsp3) is 0.136. The summed E-state index contributed by atoms with van der Waals surface area (Å²) in [5, 5.41) is 0. The van der Waals surface area contributed by atoms with E-state index in [-0.39, 0.29) is 0 Å². The molecule has 0 saturated carbocycles. The predicted molar refractivity (Wildman–Crippen MR) is 99.3 cm³/mol. The maximum Gasteiger partial charge on any atom is 0.227 e. The lowest BCUT2D eigenvalue weighted by Crippen LogP contribution is -1.92. The molecule has 0 fully saturated rings. The maximum absolute atomic E-state index is 6.14. The molecule has 3 nitrogen and oxygen atoms in total. The van der Waals surface area contributed by atoms with Gasteiger partial charge >= 0.3 is 0 Å². The summed E-state index contributed by atoms with van der Waals surface area (Å²) in [6, 6.07) is 18.0. The zero-order valence-corrected chi connectivity index (χ0v) is 14.5. The third kappa shape index (κ3) is 2.78. The Morgan fingerprint density at radius 3 is 2.20 bits per heavy atom. The van der Waals surface area contributed by atoms with Gasteiger partial charge in [0.1, 0.15) is 5.69 Å². The van der Waals surface area contributed by atoms with Crippen LogP contribution in [0.3, 0.4) is 0 Å². The molecular formula is C22H19NO2. The largest absolute Gasteiger partial charge is 0.461 e. The molecule has 3 heteroatoms. The lowest BCUT2D eigenvalue weighted by molar-refractivity contribution is 0.529. The summed E-state index contributed by atoms with van der Waals surface area (Å²) in [7, 11) is 0. The molecule has 0 aliphatic rings. The lowest BCUT2D eigenvalue weighted by atomic mass is 9.96. The first kappa shape index (κ1) is 15.5. The van der Waals surface area contributed by atoms with Crippen LogP contribution in [-0.2, 0) is 0 Å². The van der Waals surface area contributed by atoms with Gasteiger partial charge in [-0.05, 0) is 56.2 Å². The number of oxazole rings is 1. The number of benzene rings is 2. The van der Waals surface area contributed by atoms with E-state index in [2.05, 4.69) is 32.9 Å². The van der Waals surface area contributed by atoms with E-state index in [1.54, 1.807) is 6.26 Å². The molecule has 0 radical (unpaired) electrons. The van der Waals surface area contributed by atoms with Crippen molar-refractivity contribution in [2.75, 3.05) is 0 Å². The molecular weight excluding hydrogens is 310 g/mol. The van der Waals surface area contributed by atoms with Crippen LogP contribution in [0, 0.1) is 20.8 Å². The first-order valence-electron chi connectivity index (χ1n) is 8.32. The second-order valence-electron chi connectivity index (χ2n) is 6.31. The van der Waals surface area contributed by atoms with Crippen LogP contribution in [0.5, 0.6) is 0 Å². The highest BCUT2D eigenvalue weighted by atomic mass is 16.4. The summed E-state index contributed by atoms with van der Waals surface area (Å²) in [6.07, 6.45) is 1.65. The van der Waals surface area contributed by atoms with E-state index in [0.717, 1.165) is 16.8 Å². The number of furan rings is 1. The molecule has 0 bridgehead atoms. The highest BCUT2D eigenvalue weighted by Crippen LogP contribution is 2.39. The number of aryl methyl sites for hydroxylation is 3. The topological polar surface area (TPSA) is 39.2 Å². The van der Waals surface area contributed by atoms with E-state index in [9.17, 15) is 0 Å². The van der Waals surface area contributed by atoms with Gasteiger partial charge in [-0.25, -0.2) is 4.98 Å². The van der Waals surface area contributed by atoms with Gasteiger partial charge in [-0.3, -0.25) is 0 Å².